The van der Waals surface area contributed by atoms with E-state index in [1.165, 1.54) is 14.0 Å². The third-order valence-corrected chi connectivity index (χ3v) is 3.73. The van der Waals surface area contributed by atoms with Gasteiger partial charge in [-0.1, -0.05) is 30.3 Å². The van der Waals surface area contributed by atoms with Crippen LogP contribution in [0.1, 0.15) is 12.5 Å². The molecular weight excluding hydrogens is 278 g/mol. The molecule has 0 N–H and O–H groups in total. The number of esters is 1. The molecule has 1 aromatic carbocycles. The highest BCUT2D eigenvalue weighted by Crippen LogP contribution is 2.33. The number of rotatable bonds is 3. The molecular formula is C14H13NO4S. The van der Waals surface area contributed by atoms with Crippen LogP contribution in [0.2, 0.25) is 0 Å². The minimum Gasteiger partial charge on any atom is -0.467 e. The van der Waals surface area contributed by atoms with E-state index in [4.69, 9.17) is 0 Å². The molecule has 1 aliphatic heterocycles. The van der Waals surface area contributed by atoms with Crippen molar-refractivity contribution in [2.45, 2.75) is 13.0 Å². The number of nitrogens with zero attached hydrogens (tertiary/aromatic N) is 1. The summed E-state index contributed by atoms with van der Waals surface area (Å²) in [6, 6.07) is 8.28. The van der Waals surface area contributed by atoms with Crippen molar-refractivity contribution in [3.05, 3.63) is 40.8 Å². The maximum Gasteiger partial charge on any atom is 0.328 e. The normalized spacial score (nSPS) is 18.5. The first kappa shape index (κ1) is 14.3. The Hall–Kier alpha value is -2.08. The molecule has 5 nitrogen and oxygen atoms in total. The second-order valence-electron chi connectivity index (χ2n) is 4.16. The zero-order valence-corrected chi connectivity index (χ0v) is 11.8. The lowest BCUT2D eigenvalue weighted by Crippen LogP contribution is -2.42. The summed E-state index contributed by atoms with van der Waals surface area (Å²) in [7, 11) is 1.22. The van der Waals surface area contributed by atoms with E-state index in [-0.39, 0.29) is 0 Å². The van der Waals surface area contributed by atoms with E-state index in [0.29, 0.717) is 4.91 Å². The van der Waals surface area contributed by atoms with Gasteiger partial charge in [0.1, 0.15) is 6.04 Å². The van der Waals surface area contributed by atoms with E-state index >= 15 is 0 Å². The fraction of sp³-hybridized carbons (Fsp3) is 0.214. The summed E-state index contributed by atoms with van der Waals surface area (Å²) in [5.41, 5.74) is 0.823. The van der Waals surface area contributed by atoms with Crippen molar-refractivity contribution in [2.75, 3.05) is 7.11 Å². The first-order chi connectivity index (χ1) is 9.54. The molecule has 6 heteroatoms. The Morgan fingerprint density at radius 3 is 2.55 bits per heavy atom. The monoisotopic (exact) mass is 291 g/mol. The van der Waals surface area contributed by atoms with Gasteiger partial charge in [-0.2, -0.15) is 0 Å². The van der Waals surface area contributed by atoms with E-state index in [2.05, 4.69) is 4.74 Å². The Labute approximate surface area is 120 Å². The van der Waals surface area contributed by atoms with Crippen LogP contribution in [0.5, 0.6) is 0 Å². The number of amides is 2. The SMILES string of the molecule is COC(=O)[C@@H](C)N1C(=O)S/C(=C/c2ccccc2)C1=O. The number of hydrogen-bond acceptors (Lipinski definition) is 5. The summed E-state index contributed by atoms with van der Waals surface area (Å²) in [6.45, 7) is 1.47. The fourth-order valence-electron chi connectivity index (χ4n) is 1.79. The summed E-state index contributed by atoms with van der Waals surface area (Å²) in [6.07, 6.45) is 1.63. The maximum absolute atomic E-state index is 12.2. The second kappa shape index (κ2) is 5.92. The van der Waals surface area contributed by atoms with Crippen LogP contribution in [-0.2, 0) is 14.3 Å². The zero-order valence-electron chi connectivity index (χ0n) is 11.0. The fourth-order valence-corrected chi connectivity index (χ4v) is 2.70. The second-order valence-corrected chi connectivity index (χ2v) is 5.15. The molecule has 1 fully saturated rings. The van der Waals surface area contributed by atoms with E-state index in [0.717, 1.165) is 22.2 Å². The molecule has 0 aromatic heterocycles. The number of imide groups is 1. The summed E-state index contributed by atoms with van der Waals surface area (Å²) in [4.78, 5) is 36.7. The molecule has 0 saturated carbocycles. The first-order valence-electron chi connectivity index (χ1n) is 5.94. The van der Waals surface area contributed by atoms with Crippen LogP contribution in [0.4, 0.5) is 4.79 Å². The number of carbonyl (C=O) groups excluding carboxylic acids is 3. The van der Waals surface area contributed by atoms with Gasteiger partial charge in [0, 0.05) is 0 Å². The van der Waals surface area contributed by atoms with E-state index < -0.39 is 23.2 Å². The molecule has 1 aromatic rings. The van der Waals surface area contributed by atoms with Crippen LogP contribution in [0, 0.1) is 0 Å². The topological polar surface area (TPSA) is 63.7 Å². The van der Waals surface area contributed by atoms with Crippen LogP contribution in [0.15, 0.2) is 35.2 Å². The Bertz CT molecular complexity index is 582. The molecule has 0 radical (unpaired) electrons. The highest BCUT2D eigenvalue weighted by Gasteiger charge is 2.41. The quantitative estimate of drug-likeness (QED) is 0.631. The van der Waals surface area contributed by atoms with Crippen LogP contribution >= 0.6 is 11.8 Å². The molecule has 1 heterocycles. The smallest absolute Gasteiger partial charge is 0.328 e. The summed E-state index contributed by atoms with van der Waals surface area (Å²) >= 11 is 0.824. The van der Waals surface area contributed by atoms with Gasteiger partial charge in [0.05, 0.1) is 12.0 Å². The molecule has 2 rings (SSSR count). The number of hydrogen-bond donors (Lipinski definition) is 0. The van der Waals surface area contributed by atoms with Gasteiger partial charge in [-0.15, -0.1) is 0 Å². The van der Waals surface area contributed by atoms with Gasteiger partial charge in [0.25, 0.3) is 11.1 Å². The van der Waals surface area contributed by atoms with Gasteiger partial charge >= 0.3 is 5.97 Å². The Morgan fingerprint density at radius 1 is 1.30 bits per heavy atom. The molecule has 1 saturated heterocycles. The van der Waals surface area contributed by atoms with Gasteiger partial charge in [-0.25, -0.2) is 4.79 Å². The Morgan fingerprint density at radius 2 is 1.95 bits per heavy atom. The van der Waals surface area contributed by atoms with E-state index in [9.17, 15) is 14.4 Å². The molecule has 2 amide bonds. The van der Waals surface area contributed by atoms with Gasteiger partial charge in [0.15, 0.2) is 0 Å². The largest absolute Gasteiger partial charge is 0.467 e. The average molecular weight is 291 g/mol. The molecule has 0 spiro atoms. The molecule has 1 atom stereocenters. The zero-order chi connectivity index (χ0) is 14.7. The number of carbonyl (C=O) groups is 3. The van der Waals surface area contributed by atoms with Gasteiger partial charge in [-0.05, 0) is 30.3 Å². The minimum atomic E-state index is -0.922. The lowest BCUT2D eigenvalue weighted by atomic mass is 10.2. The van der Waals surface area contributed by atoms with Crippen LogP contribution in [-0.4, -0.2) is 35.2 Å². The van der Waals surface area contributed by atoms with E-state index in [1.54, 1.807) is 6.08 Å². The summed E-state index contributed by atoms with van der Waals surface area (Å²) in [5.74, 6) is -1.09. The molecule has 0 aliphatic carbocycles. The van der Waals surface area contributed by atoms with Crippen molar-refractivity contribution in [3.63, 3.8) is 0 Å². The predicted octanol–water partition coefficient (Wildman–Crippen LogP) is 2.28. The van der Waals surface area contributed by atoms with Crippen molar-refractivity contribution < 1.29 is 19.1 Å². The van der Waals surface area contributed by atoms with E-state index in [1.807, 2.05) is 30.3 Å². The van der Waals surface area contributed by atoms with Gasteiger partial charge in [0.2, 0.25) is 0 Å². The highest BCUT2D eigenvalue weighted by atomic mass is 32.2. The van der Waals surface area contributed by atoms with Crippen molar-refractivity contribution in [2.24, 2.45) is 0 Å². The van der Waals surface area contributed by atoms with Crippen molar-refractivity contribution in [3.8, 4) is 0 Å². The third kappa shape index (κ3) is 2.75. The number of ether oxygens (including phenoxy) is 1. The third-order valence-electron chi connectivity index (χ3n) is 2.85. The van der Waals surface area contributed by atoms with Crippen LogP contribution in [0.25, 0.3) is 6.08 Å². The van der Waals surface area contributed by atoms with Crippen molar-refractivity contribution in [1.29, 1.82) is 0 Å². The predicted molar refractivity (Wildman–Crippen MR) is 75.7 cm³/mol. The van der Waals surface area contributed by atoms with Crippen LogP contribution in [0.3, 0.4) is 0 Å². The number of thioether (sulfide) groups is 1. The lowest BCUT2D eigenvalue weighted by Gasteiger charge is -2.18. The summed E-state index contributed by atoms with van der Waals surface area (Å²) in [5, 5.41) is -0.463. The van der Waals surface area contributed by atoms with Crippen molar-refractivity contribution >= 4 is 35.0 Å². The molecule has 0 bridgehead atoms. The highest BCUT2D eigenvalue weighted by molar-refractivity contribution is 8.18. The standard InChI is InChI=1S/C14H13NO4S/c1-9(13(17)19-2)15-12(16)11(20-14(15)18)8-10-6-4-3-5-7-10/h3-9H,1-2H3/b11-8+/t9-/m1/s1. The Kier molecular flexibility index (Phi) is 4.24. The average Bonchev–Trinajstić information content (AvgIpc) is 2.73. The lowest BCUT2D eigenvalue weighted by molar-refractivity contribution is -0.148. The minimum absolute atomic E-state index is 0.303. The molecule has 104 valence electrons. The Balaban J connectivity index is 2.25. The van der Waals surface area contributed by atoms with Gasteiger partial charge in [-0.3, -0.25) is 14.5 Å². The first-order valence-corrected chi connectivity index (χ1v) is 6.76. The molecule has 1 aliphatic rings. The summed E-state index contributed by atoms with van der Waals surface area (Å²) < 4.78 is 4.56. The van der Waals surface area contributed by atoms with Crippen LogP contribution < -0.4 is 0 Å². The van der Waals surface area contributed by atoms with Gasteiger partial charge < -0.3 is 4.74 Å². The molecule has 0 unspecified atom stereocenters. The number of methoxy groups -OCH3 is 1. The molecule has 20 heavy (non-hydrogen) atoms. The maximum atomic E-state index is 12.2. The van der Waals surface area contributed by atoms with Crippen molar-refractivity contribution in [1.82, 2.24) is 4.90 Å². The number of benzene rings is 1.